The molecule has 1 fully saturated rings. The van der Waals surface area contributed by atoms with Crippen LogP contribution in [0.5, 0.6) is 0 Å². The van der Waals surface area contributed by atoms with E-state index in [1.54, 1.807) is 0 Å². The molecule has 0 spiro atoms. The first-order valence-corrected chi connectivity index (χ1v) is 10.9. The smallest absolute Gasteiger partial charge is 0.289 e. The second kappa shape index (κ2) is 6.99. The van der Waals surface area contributed by atoms with E-state index in [4.69, 9.17) is 10.2 Å². The van der Waals surface area contributed by atoms with E-state index in [0.717, 1.165) is 44.2 Å². The van der Waals surface area contributed by atoms with Crippen LogP contribution in [-0.4, -0.2) is 29.8 Å². The molecule has 5 nitrogen and oxygen atoms in total. The van der Waals surface area contributed by atoms with Crippen LogP contribution in [0.4, 0.5) is 0 Å². The van der Waals surface area contributed by atoms with Crippen molar-refractivity contribution in [2.75, 3.05) is 13.1 Å². The minimum Gasteiger partial charge on any atom is -0.450 e. The lowest BCUT2D eigenvalue weighted by Gasteiger charge is -2.16. The molecule has 1 unspecified atom stereocenters. The summed E-state index contributed by atoms with van der Waals surface area (Å²) in [5.74, 6) is -0.00499. The third kappa shape index (κ3) is 2.82. The molecule has 1 aliphatic rings. The van der Waals surface area contributed by atoms with Gasteiger partial charge in [0.15, 0.2) is 5.76 Å². The molecule has 2 amide bonds. The minimum atomic E-state index is -0.403. The van der Waals surface area contributed by atoms with Crippen LogP contribution < -0.4 is 5.73 Å². The van der Waals surface area contributed by atoms with Crippen LogP contribution in [-0.2, 0) is 0 Å². The first kappa shape index (κ1) is 18.9. The molecule has 3 heterocycles. The molecular formula is C24H22N2O3S. The Hall–Kier alpha value is -3.12. The van der Waals surface area contributed by atoms with E-state index in [1.807, 2.05) is 61.2 Å². The first-order valence-electron chi connectivity index (χ1n) is 10.0. The van der Waals surface area contributed by atoms with Crippen molar-refractivity contribution in [1.82, 2.24) is 4.90 Å². The van der Waals surface area contributed by atoms with E-state index in [-0.39, 0.29) is 11.8 Å². The molecule has 0 saturated carbocycles. The fraction of sp³-hybridized carbons (Fsp3) is 0.250. The quantitative estimate of drug-likeness (QED) is 0.509. The van der Waals surface area contributed by atoms with E-state index in [1.165, 1.54) is 11.3 Å². The zero-order valence-electron chi connectivity index (χ0n) is 16.9. The van der Waals surface area contributed by atoms with Crippen LogP contribution >= 0.6 is 11.3 Å². The number of rotatable bonds is 3. The summed E-state index contributed by atoms with van der Waals surface area (Å²) in [5, 5.41) is 2.04. The highest BCUT2D eigenvalue weighted by atomic mass is 32.1. The van der Waals surface area contributed by atoms with Crippen molar-refractivity contribution < 1.29 is 14.0 Å². The Morgan fingerprint density at radius 3 is 2.63 bits per heavy atom. The molecule has 4 aromatic rings. The topological polar surface area (TPSA) is 76.5 Å². The van der Waals surface area contributed by atoms with E-state index >= 15 is 0 Å². The van der Waals surface area contributed by atoms with Gasteiger partial charge in [0, 0.05) is 34.7 Å². The van der Waals surface area contributed by atoms with Gasteiger partial charge in [-0.15, -0.1) is 11.3 Å². The van der Waals surface area contributed by atoms with Crippen molar-refractivity contribution in [2.45, 2.75) is 26.2 Å². The zero-order chi connectivity index (χ0) is 21.0. The van der Waals surface area contributed by atoms with Gasteiger partial charge >= 0.3 is 0 Å². The highest BCUT2D eigenvalue weighted by molar-refractivity contribution is 7.21. The molecule has 0 radical (unpaired) electrons. The number of hydrogen-bond donors (Lipinski definition) is 1. The summed E-state index contributed by atoms with van der Waals surface area (Å²) in [7, 11) is 0. The molecule has 5 rings (SSSR count). The van der Waals surface area contributed by atoms with Gasteiger partial charge in [-0.05, 0) is 42.8 Å². The van der Waals surface area contributed by atoms with Gasteiger partial charge in [0.2, 0.25) is 0 Å². The normalized spacial score (nSPS) is 16.6. The zero-order valence-corrected chi connectivity index (χ0v) is 17.7. The summed E-state index contributed by atoms with van der Waals surface area (Å²) in [6, 6.07) is 13.9. The number of carbonyl (C=O) groups excluding carboxylic acids is 2. The number of fused-ring (bicyclic) bond motifs is 2. The number of carbonyl (C=O) groups is 2. The Balaban J connectivity index is 1.49. The Labute approximate surface area is 178 Å². The third-order valence-electron chi connectivity index (χ3n) is 6.10. The van der Waals surface area contributed by atoms with Crippen molar-refractivity contribution in [3.8, 4) is 0 Å². The standard InChI is InChI=1S/C24H22N2O3S/c1-13-6-5-8-16-14(2)21(29-20(13)16)24(28)26-11-10-15(12-26)19-17-7-3-4-9-18(17)30-22(19)23(25)27/h3-9,15H,10-12H2,1-2H3,(H2,25,27). The highest BCUT2D eigenvalue weighted by Crippen LogP contribution is 2.40. The molecular weight excluding hydrogens is 396 g/mol. The van der Waals surface area contributed by atoms with Gasteiger partial charge in [0.05, 0.1) is 4.88 Å². The van der Waals surface area contributed by atoms with Gasteiger partial charge in [-0.2, -0.15) is 0 Å². The molecule has 0 aliphatic carbocycles. The number of nitrogens with zero attached hydrogens (tertiary/aromatic N) is 1. The lowest BCUT2D eigenvalue weighted by atomic mass is 9.95. The third-order valence-corrected chi connectivity index (χ3v) is 7.30. The number of likely N-dealkylation sites (tertiary alicyclic amines) is 1. The van der Waals surface area contributed by atoms with Crippen molar-refractivity contribution in [3.63, 3.8) is 0 Å². The number of thiophene rings is 1. The Morgan fingerprint density at radius 2 is 1.87 bits per heavy atom. The number of aryl methyl sites for hydroxylation is 2. The monoisotopic (exact) mass is 418 g/mol. The minimum absolute atomic E-state index is 0.0824. The van der Waals surface area contributed by atoms with E-state index in [0.29, 0.717) is 23.7 Å². The predicted molar refractivity (Wildman–Crippen MR) is 119 cm³/mol. The summed E-state index contributed by atoms with van der Waals surface area (Å²) in [6.45, 7) is 5.10. The van der Waals surface area contributed by atoms with Crippen LogP contribution in [0.15, 0.2) is 46.9 Å². The number of furan rings is 1. The molecule has 0 bridgehead atoms. The average Bonchev–Trinajstić information content (AvgIpc) is 3.43. The molecule has 2 N–H and O–H groups in total. The van der Waals surface area contributed by atoms with Crippen LogP contribution in [0.25, 0.3) is 21.1 Å². The number of hydrogen-bond acceptors (Lipinski definition) is 4. The second-order valence-corrected chi connectivity index (χ2v) is 9.00. The largest absolute Gasteiger partial charge is 0.450 e. The first-order chi connectivity index (χ1) is 14.5. The van der Waals surface area contributed by atoms with E-state index in [2.05, 4.69) is 0 Å². The summed E-state index contributed by atoms with van der Waals surface area (Å²) >= 11 is 1.44. The molecule has 30 heavy (non-hydrogen) atoms. The number of nitrogens with two attached hydrogens (primary N) is 1. The van der Waals surface area contributed by atoms with Gasteiger partial charge in [-0.1, -0.05) is 36.4 Å². The van der Waals surface area contributed by atoms with Crippen molar-refractivity contribution >= 4 is 44.2 Å². The lowest BCUT2D eigenvalue weighted by molar-refractivity contribution is 0.0760. The van der Waals surface area contributed by atoms with E-state index < -0.39 is 5.91 Å². The average molecular weight is 419 g/mol. The summed E-state index contributed by atoms with van der Waals surface area (Å²) < 4.78 is 7.05. The number of amides is 2. The maximum Gasteiger partial charge on any atom is 0.289 e. The van der Waals surface area contributed by atoms with Crippen LogP contribution in [0.3, 0.4) is 0 Å². The molecule has 1 atom stereocenters. The summed E-state index contributed by atoms with van der Waals surface area (Å²) in [5.41, 5.74) is 9.33. The second-order valence-electron chi connectivity index (χ2n) is 7.95. The predicted octanol–water partition coefficient (Wildman–Crippen LogP) is 4.99. The number of para-hydroxylation sites is 1. The molecule has 1 aliphatic heterocycles. The van der Waals surface area contributed by atoms with Gasteiger partial charge in [-0.3, -0.25) is 9.59 Å². The summed E-state index contributed by atoms with van der Waals surface area (Å²) in [6.07, 6.45) is 0.797. The molecule has 2 aromatic carbocycles. The van der Waals surface area contributed by atoms with Crippen LogP contribution in [0.2, 0.25) is 0 Å². The van der Waals surface area contributed by atoms with Gasteiger partial charge in [-0.25, -0.2) is 0 Å². The van der Waals surface area contributed by atoms with Crippen LogP contribution in [0.1, 0.15) is 49.3 Å². The Bertz CT molecular complexity index is 1320. The Morgan fingerprint density at radius 1 is 1.10 bits per heavy atom. The maximum atomic E-state index is 13.3. The SMILES string of the molecule is Cc1c(C(=O)N2CCC(c3c(C(N)=O)sc4ccccc34)C2)oc2c(C)cccc12. The maximum absolute atomic E-state index is 13.3. The number of primary amides is 1. The molecule has 2 aromatic heterocycles. The number of benzene rings is 2. The van der Waals surface area contributed by atoms with Crippen molar-refractivity contribution in [1.29, 1.82) is 0 Å². The Kier molecular flexibility index (Phi) is 4.40. The van der Waals surface area contributed by atoms with Crippen molar-refractivity contribution in [3.05, 3.63) is 69.8 Å². The molecule has 152 valence electrons. The van der Waals surface area contributed by atoms with E-state index in [9.17, 15) is 9.59 Å². The fourth-order valence-corrected chi connectivity index (χ4v) is 5.71. The highest BCUT2D eigenvalue weighted by Gasteiger charge is 2.34. The van der Waals surface area contributed by atoms with Gasteiger partial charge in [0.25, 0.3) is 11.8 Å². The van der Waals surface area contributed by atoms with Crippen molar-refractivity contribution in [2.24, 2.45) is 5.73 Å². The van der Waals surface area contributed by atoms with Crippen LogP contribution in [0, 0.1) is 13.8 Å². The molecule has 6 heteroatoms. The summed E-state index contributed by atoms with van der Waals surface area (Å²) in [4.78, 5) is 27.8. The van der Waals surface area contributed by atoms with Gasteiger partial charge < -0.3 is 15.1 Å². The lowest BCUT2D eigenvalue weighted by Crippen LogP contribution is -2.28. The van der Waals surface area contributed by atoms with Gasteiger partial charge in [0.1, 0.15) is 5.58 Å². The molecule has 1 saturated heterocycles. The fourth-order valence-electron chi connectivity index (χ4n) is 4.57.